The first-order chi connectivity index (χ1) is 12.6. The minimum absolute atomic E-state index is 0.0425. The van der Waals surface area contributed by atoms with E-state index in [0.717, 1.165) is 16.8 Å². The average Bonchev–Trinajstić information content (AvgIpc) is 3.24. The molecule has 2 aliphatic rings. The van der Waals surface area contributed by atoms with Crippen molar-refractivity contribution in [2.24, 2.45) is 0 Å². The van der Waals surface area contributed by atoms with E-state index >= 15 is 0 Å². The number of rotatable bonds is 3. The van der Waals surface area contributed by atoms with Crippen molar-refractivity contribution in [3.63, 3.8) is 0 Å². The summed E-state index contributed by atoms with van der Waals surface area (Å²) in [4.78, 5) is 27.0. The quantitative estimate of drug-likeness (QED) is 0.893. The molecule has 2 N–H and O–H groups in total. The minimum Gasteiger partial charge on any atom is -0.497 e. The van der Waals surface area contributed by atoms with Crippen LogP contribution in [0.3, 0.4) is 0 Å². The van der Waals surface area contributed by atoms with Gasteiger partial charge < -0.3 is 20.3 Å². The summed E-state index contributed by atoms with van der Waals surface area (Å²) in [6.45, 7) is 1.39. The molecule has 4 rings (SSSR count). The van der Waals surface area contributed by atoms with Crippen LogP contribution < -0.4 is 15.4 Å². The number of anilines is 1. The summed E-state index contributed by atoms with van der Waals surface area (Å²) in [7, 11) is 1.61. The van der Waals surface area contributed by atoms with Crippen LogP contribution in [-0.4, -0.2) is 37.0 Å². The van der Waals surface area contributed by atoms with Crippen LogP contribution in [0.1, 0.15) is 17.5 Å². The molecule has 2 heterocycles. The lowest BCUT2D eigenvalue weighted by Gasteiger charge is -2.23. The third-order valence-electron chi connectivity index (χ3n) is 5.27. The normalized spacial score (nSPS) is 20.8. The van der Waals surface area contributed by atoms with E-state index in [1.54, 1.807) is 12.0 Å². The third-order valence-corrected chi connectivity index (χ3v) is 5.27. The summed E-state index contributed by atoms with van der Waals surface area (Å²) in [5.74, 6) is 0.672. The van der Waals surface area contributed by atoms with E-state index in [0.29, 0.717) is 31.8 Å². The van der Waals surface area contributed by atoms with E-state index in [9.17, 15) is 9.59 Å². The van der Waals surface area contributed by atoms with Crippen LogP contribution in [0, 0.1) is 0 Å². The molecule has 1 saturated heterocycles. The maximum atomic E-state index is 12.7. The first-order valence-electron chi connectivity index (χ1n) is 8.69. The Labute approximate surface area is 152 Å². The molecule has 0 radical (unpaired) electrons. The SMILES string of the molecule is COc1ccc2c(c1)C1(CCN(C(=O)NCc3ccccc3)C1)C(=O)N2. The van der Waals surface area contributed by atoms with Gasteiger partial charge in [-0.25, -0.2) is 4.79 Å². The van der Waals surface area contributed by atoms with Gasteiger partial charge in [0.05, 0.1) is 12.5 Å². The Kier molecular flexibility index (Phi) is 4.03. The van der Waals surface area contributed by atoms with E-state index in [4.69, 9.17) is 4.74 Å². The Morgan fingerprint density at radius 1 is 1.27 bits per heavy atom. The summed E-state index contributed by atoms with van der Waals surface area (Å²) in [5, 5.41) is 5.89. The highest BCUT2D eigenvalue weighted by atomic mass is 16.5. The summed E-state index contributed by atoms with van der Waals surface area (Å²) in [5.41, 5.74) is 2.08. The summed E-state index contributed by atoms with van der Waals surface area (Å²) < 4.78 is 5.31. The van der Waals surface area contributed by atoms with E-state index in [2.05, 4.69) is 10.6 Å². The number of nitrogens with one attached hydrogen (secondary N) is 2. The van der Waals surface area contributed by atoms with Crippen molar-refractivity contribution in [3.05, 3.63) is 59.7 Å². The fraction of sp³-hybridized carbons (Fsp3) is 0.300. The van der Waals surface area contributed by atoms with Crippen molar-refractivity contribution in [3.8, 4) is 5.75 Å². The van der Waals surface area contributed by atoms with Crippen molar-refractivity contribution in [1.82, 2.24) is 10.2 Å². The van der Waals surface area contributed by atoms with E-state index < -0.39 is 5.41 Å². The van der Waals surface area contributed by atoms with Gasteiger partial charge in [0.2, 0.25) is 5.91 Å². The predicted molar refractivity (Wildman–Crippen MR) is 98.2 cm³/mol. The lowest BCUT2D eigenvalue weighted by Crippen LogP contribution is -2.42. The number of urea groups is 1. The molecule has 0 saturated carbocycles. The first kappa shape index (κ1) is 16.4. The molecule has 1 fully saturated rings. The maximum Gasteiger partial charge on any atom is 0.317 e. The van der Waals surface area contributed by atoms with Gasteiger partial charge in [0.15, 0.2) is 0 Å². The molecule has 0 aromatic heterocycles. The van der Waals surface area contributed by atoms with Gasteiger partial charge in [0, 0.05) is 25.3 Å². The Balaban J connectivity index is 1.50. The van der Waals surface area contributed by atoms with Gasteiger partial charge in [-0.3, -0.25) is 4.79 Å². The predicted octanol–water partition coefficient (Wildman–Crippen LogP) is 2.50. The second kappa shape index (κ2) is 6.37. The number of likely N-dealkylation sites (tertiary alicyclic amines) is 1. The highest BCUT2D eigenvalue weighted by molar-refractivity contribution is 6.07. The number of carbonyl (C=O) groups excluding carboxylic acids is 2. The highest BCUT2D eigenvalue weighted by Crippen LogP contribution is 2.45. The Hall–Kier alpha value is -3.02. The second-order valence-corrected chi connectivity index (χ2v) is 6.76. The van der Waals surface area contributed by atoms with Crippen molar-refractivity contribution < 1.29 is 14.3 Å². The number of amides is 3. The number of nitrogens with zero attached hydrogens (tertiary/aromatic N) is 1. The van der Waals surface area contributed by atoms with Crippen molar-refractivity contribution in [2.75, 3.05) is 25.5 Å². The molecule has 0 aliphatic carbocycles. The van der Waals surface area contributed by atoms with Gasteiger partial charge in [0.1, 0.15) is 5.75 Å². The van der Waals surface area contributed by atoms with Crippen molar-refractivity contribution in [2.45, 2.75) is 18.4 Å². The highest BCUT2D eigenvalue weighted by Gasteiger charge is 2.52. The van der Waals surface area contributed by atoms with Crippen LogP contribution in [0.15, 0.2) is 48.5 Å². The fourth-order valence-corrected chi connectivity index (χ4v) is 3.79. The molecule has 6 heteroatoms. The molecule has 26 heavy (non-hydrogen) atoms. The molecular formula is C20H21N3O3. The molecule has 1 atom stereocenters. The zero-order valence-electron chi connectivity index (χ0n) is 14.6. The van der Waals surface area contributed by atoms with Gasteiger partial charge in [-0.05, 0) is 35.7 Å². The van der Waals surface area contributed by atoms with E-state index in [1.807, 2.05) is 48.5 Å². The van der Waals surface area contributed by atoms with Gasteiger partial charge in [-0.2, -0.15) is 0 Å². The maximum absolute atomic E-state index is 12.7. The average molecular weight is 351 g/mol. The van der Waals surface area contributed by atoms with Gasteiger partial charge in [0.25, 0.3) is 0 Å². The molecule has 1 unspecified atom stereocenters. The number of methoxy groups -OCH3 is 1. The van der Waals surface area contributed by atoms with Gasteiger partial charge >= 0.3 is 6.03 Å². The van der Waals surface area contributed by atoms with Crippen LogP contribution in [0.4, 0.5) is 10.5 Å². The van der Waals surface area contributed by atoms with Crippen LogP contribution in [0.2, 0.25) is 0 Å². The summed E-state index contributed by atoms with van der Waals surface area (Å²) >= 11 is 0. The Morgan fingerprint density at radius 3 is 2.85 bits per heavy atom. The summed E-state index contributed by atoms with van der Waals surface area (Å²) in [6, 6.07) is 15.2. The number of carbonyl (C=O) groups is 2. The van der Waals surface area contributed by atoms with E-state index in [-0.39, 0.29) is 11.9 Å². The number of hydrogen-bond acceptors (Lipinski definition) is 3. The van der Waals surface area contributed by atoms with Gasteiger partial charge in [-0.15, -0.1) is 0 Å². The Morgan fingerprint density at radius 2 is 2.08 bits per heavy atom. The van der Waals surface area contributed by atoms with Crippen LogP contribution in [0.5, 0.6) is 5.75 Å². The number of ether oxygens (including phenoxy) is 1. The monoisotopic (exact) mass is 351 g/mol. The minimum atomic E-state index is -0.687. The molecule has 2 aromatic rings. The van der Waals surface area contributed by atoms with E-state index in [1.165, 1.54) is 0 Å². The molecule has 0 bridgehead atoms. The zero-order chi connectivity index (χ0) is 18.1. The summed E-state index contributed by atoms with van der Waals surface area (Å²) in [6.07, 6.45) is 0.609. The Bertz CT molecular complexity index is 853. The first-order valence-corrected chi connectivity index (χ1v) is 8.69. The van der Waals surface area contributed by atoms with Crippen molar-refractivity contribution >= 4 is 17.6 Å². The smallest absolute Gasteiger partial charge is 0.317 e. The molecular weight excluding hydrogens is 330 g/mol. The largest absolute Gasteiger partial charge is 0.497 e. The third kappa shape index (κ3) is 2.67. The lowest BCUT2D eigenvalue weighted by atomic mass is 9.81. The zero-order valence-corrected chi connectivity index (χ0v) is 14.6. The topological polar surface area (TPSA) is 70.7 Å². The molecule has 2 aromatic carbocycles. The number of hydrogen-bond donors (Lipinski definition) is 2. The molecule has 6 nitrogen and oxygen atoms in total. The lowest BCUT2D eigenvalue weighted by molar-refractivity contribution is -0.120. The molecule has 134 valence electrons. The molecule has 3 amide bonds. The van der Waals surface area contributed by atoms with Gasteiger partial charge in [-0.1, -0.05) is 30.3 Å². The molecule has 1 spiro atoms. The number of benzene rings is 2. The van der Waals surface area contributed by atoms with Crippen LogP contribution in [0.25, 0.3) is 0 Å². The standard InChI is InChI=1S/C20H21N3O3/c1-26-15-7-8-17-16(11-15)20(18(24)22-17)9-10-23(13-20)19(25)21-12-14-5-3-2-4-6-14/h2-8,11H,9-10,12-13H2,1H3,(H,21,25)(H,22,24). The van der Waals surface area contributed by atoms with Crippen LogP contribution in [-0.2, 0) is 16.8 Å². The second-order valence-electron chi connectivity index (χ2n) is 6.76. The van der Waals surface area contributed by atoms with Crippen LogP contribution >= 0.6 is 0 Å². The molecule has 2 aliphatic heterocycles. The van der Waals surface area contributed by atoms with Crippen molar-refractivity contribution in [1.29, 1.82) is 0 Å². The number of fused-ring (bicyclic) bond motifs is 2. The fourth-order valence-electron chi connectivity index (χ4n) is 3.79.